The fourth-order valence-electron chi connectivity index (χ4n) is 9.23. The zero-order chi connectivity index (χ0) is 37.7. The van der Waals surface area contributed by atoms with Crippen molar-refractivity contribution in [3.63, 3.8) is 0 Å². The van der Waals surface area contributed by atoms with Crippen molar-refractivity contribution in [3.8, 4) is 23.0 Å². The van der Waals surface area contributed by atoms with Gasteiger partial charge >= 0.3 is 0 Å². The molecule has 0 saturated heterocycles. The maximum atomic E-state index is 7.03. The largest absolute Gasteiger partial charge is 0.458 e. The van der Waals surface area contributed by atoms with Crippen LogP contribution in [0.15, 0.2) is 158 Å². The average molecular weight is 714 g/mol. The molecule has 0 N–H and O–H groups in total. The highest BCUT2D eigenvalue weighted by molar-refractivity contribution is 6.98. The van der Waals surface area contributed by atoms with E-state index in [0.717, 1.165) is 45.5 Å². The van der Waals surface area contributed by atoms with E-state index in [4.69, 9.17) is 9.47 Å². The Balaban J connectivity index is 1.23. The lowest BCUT2D eigenvalue weighted by Gasteiger charge is -2.46. The van der Waals surface area contributed by atoms with Crippen LogP contribution in [0.3, 0.4) is 0 Å². The van der Waals surface area contributed by atoms with Crippen molar-refractivity contribution in [1.82, 2.24) is 0 Å². The minimum absolute atomic E-state index is 0.0145. The number of hydrogen-bond donors (Lipinski definition) is 0. The molecule has 0 aliphatic carbocycles. The van der Waals surface area contributed by atoms with E-state index in [-0.39, 0.29) is 17.5 Å². The van der Waals surface area contributed by atoms with Crippen LogP contribution >= 0.6 is 0 Å². The fourth-order valence-corrected chi connectivity index (χ4v) is 9.23. The molecule has 3 aliphatic heterocycles. The van der Waals surface area contributed by atoms with Gasteiger partial charge in [-0.3, -0.25) is 0 Å². The summed E-state index contributed by atoms with van der Waals surface area (Å²) in [6.07, 6.45) is 0. The molecule has 3 nitrogen and oxygen atoms in total. The summed E-state index contributed by atoms with van der Waals surface area (Å²) >= 11 is 0. The molecule has 0 aromatic heterocycles. The molecular weight excluding hydrogens is 669 g/mol. The van der Waals surface area contributed by atoms with Gasteiger partial charge < -0.3 is 14.4 Å². The number of ether oxygens (including phenoxy) is 2. The highest BCUT2D eigenvalue weighted by Crippen LogP contribution is 2.58. The molecule has 4 heteroatoms. The Morgan fingerprint density at radius 1 is 0.455 bits per heavy atom. The van der Waals surface area contributed by atoms with Gasteiger partial charge in [0.25, 0.3) is 6.71 Å². The Bertz CT molecular complexity index is 2460. The van der Waals surface area contributed by atoms with Crippen LogP contribution in [0.25, 0.3) is 0 Å². The normalized spacial score (nSPS) is 14.7. The van der Waals surface area contributed by atoms with Gasteiger partial charge in [-0.15, -0.1) is 0 Å². The Kier molecular flexibility index (Phi) is 7.32. The first kappa shape index (κ1) is 33.6. The van der Waals surface area contributed by atoms with E-state index in [2.05, 4.69) is 204 Å². The summed E-state index contributed by atoms with van der Waals surface area (Å²) in [6.45, 7) is 13.5. The summed E-state index contributed by atoms with van der Waals surface area (Å²) in [5.74, 6) is 3.49. The van der Waals surface area contributed by atoms with Gasteiger partial charge in [0.2, 0.25) is 0 Å². The lowest BCUT2D eigenvalue weighted by Crippen LogP contribution is -2.57. The van der Waals surface area contributed by atoms with Crippen molar-refractivity contribution < 1.29 is 9.47 Å². The van der Waals surface area contributed by atoms with Crippen LogP contribution in [0.4, 0.5) is 17.1 Å². The molecule has 0 saturated carbocycles. The van der Waals surface area contributed by atoms with Gasteiger partial charge in [-0.1, -0.05) is 163 Å². The zero-order valence-corrected chi connectivity index (χ0v) is 32.4. The van der Waals surface area contributed by atoms with Gasteiger partial charge in [0, 0.05) is 17.6 Å². The van der Waals surface area contributed by atoms with Gasteiger partial charge in [0.1, 0.15) is 23.0 Å². The van der Waals surface area contributed by atoms with Crippen LogP contribution in [0.1, 0.15) is 74.9 Å². The first-order chi connectivity index (χ1) is 26.5. The van der Waals surface area contributed by atoms with Crippen LogP contribution in [0.5, 0.6) is 23.0 Å². The van der Waals surface area contributed by atoms with Crippen LogP contribution in [0.2, 0.25) is 0 Å². The molecule has 55 heavy (non-hydrogen) atoms. The molecule has 0 radical (unpaired) electrons. The molecule has 0 amide bonds. The van der Waals surface area contributed by atoms with Crippen molar-refractivity contribution in [2.75, 3.05) is 4.90 Å². The molecule has 0 fully saturated rings. The molecule has 0 bridgehead atoms. The Labute approximate surface area is 325 Å². The molecule has 0 atom stereocenters. The van der Waals surface area contributed by atoms with Crippen LogP contribution in [-0.4, -0.2) is 6.71 Å². The monoisotopic (exact) mass is 713 g/mol. The van der Waals surface area contributed by atoms with E-state index in [1.54, 1.807) is 0 Å². The van der Waals surface area contributed by atoms with E-state index >= 15 is 0 Å². The highest BCUT2D eigenvalue weighted by Gasteiger charge is 2.47. The summed E-state index contributed by atoms with van der Waals surface area (Å²) in [7, 11) is 0. The number of fused-ring (bicyclic) bond motifs is 6. The first-order valence-electron chi connectivity index (χ1n) is 19.5. The minimum atomic E-state index is -0.544. The van der Waals surface area contributed by atoms with E-state index < -0.39 is 5.41 Å². The third kappa shape index (κ3) is 5.04. The number of nitrogens with zero attached hydrogens (tertiary/aromatic N) is 1. The summed E-state index contributed by atoms with van der Waals surface area (Å²) in [4.78, 5) is 2.41. The number of para-hydroxylation sites is 2. The maximum Gasteiger partial charge on any atom is 0.260 e. The van der Waals surface area contributed by atoms with Gasteiger partial charge in [0.05, 0.1) is 22.5 Å². The lowest BCUT2D eigenvalue weighted by molar-refractivity contribution is 0.461. The van der Waals surface area contributed by atoms with E-state index in [9.17, 15) is 0 Å². The van der Waals surface area contributed by atoms with Crippen molar-refractivity contribution in [2.24, 2.45) is 0 Å². The number of rotatable bonds is 3. The van der Waals surface area contributed by atoms with Crippen molar-refractivity contribution >= 4 is 40.2 Å². The molecular formula is C51H44BNO2. The molecule has 3 aliphatic rings. The lowest BCUT2D eigenvalue weighted by atomic mass is 9.34. The molecule has 7 aromatic carbocycles. The summed E-state index contributed by atoms with van der Waals surface area (Å²) in [5.41, 5.74) is 13.5. The van der Waals surface area contributed by atoms with Gasteiger partial charge in [-0.05, 0) is 79.4 Å². The second-order valence-electron chi connectivity index (χ2n) is 17.3. The van der Waals surface area contributed by atoms with E-state index in [0.29, 0.717) is 0 Å². The summed E-state index contributed by atoms with van der Waals surface area (Å²) < 4.78 is 14.1. The molecule has 268 valence electrons. The van der Waals surface area contributed by atoms with Gasteiger partial charge in [-0.25, -0.2) is 0 Å². The third-order valence-electron chi connectivity index (χ3n) is 12.0. The van der Waals surface area contributed by atoms with E-state index in [1.165, 1.54) is 44.3 Å². The van der Waals surface area contributed by atoms with Crippen molar-refractivity contribution in [2.45, 2.75) is 57.8 Å². The number of anilines is 3. The molecule has 7 aromatic rings. The topological polar surface area (TPSA) is 21.7 Å². The third-order valence-corrected chi connectivity index (χ3v) is 12.0. The molecule has 3 heterocycles. The van der Waals surface area contributed by atoms with Gasteiger partial charge in [0.15, 0.2) is 0 Å². The zero-order valence-electron chi connectivity index (χ0n) is 32.4. The van der Waals surface area contributed by atoms with Gasteiger partial charge in [-0.2, -0.15) is 0 Å². The Morgan fingerprint density at radius 3 is 1.31 bits per heavy atom. The Morgan fingerprint density at radius 2 is 0.873 bits per heavy atom. The molecule has 0 spiro atoms. The summed E-state index contributed by atoms with van der Waals surface area (Å²) in [6, 6.07) is 57.8. The molecule has 0 unspecified atom stereocenters. The number of hydrogen-bond acceptors (Lipinski definition) is 3. The average Bonchev–Trinajstić information content (AvgIpc) is 3.19. The van der Waals surface area contributed by atoms with Crippen molar-refractivity contribution in [1.29, 1.82) is 0 Å². The number of benzene rings is 7. The first-order valence-corrected chi connectivity index (χ1v) is 19.5. The second-order valence-corrected chi connectivity index (χ2v) is 17.3. The predicted octanol–water partition coefficient (Wildman–Crippen LogP) is 11.2. The highest BCUT2D eigenvalue weighted by atomic mass is 16.5. The standard InChI is InChI=1S/C51H44BNO2/c1-49(2,3)35-25-27-40-44(29-35)54-46-31-37(32-47-48(46)52(40)41-28-26-36(50(4,5)6)30-45(41)55-47)53-42-23-15-13-21-38(42)51(33-17-9-7-10-18-33,34-19-11-8-12-20-34)39-22-14-16-24-43(39)53/h7-32H,1-6H3. The predicted molar refractivity (Wildman–Crippen MR) is 228 cm³/mol. The van der Waals surface area contributed by atoms with E-state index in [1.807, 2.05) is 0 Å². The smallest absolute Gasteiger partial charge is 0.260 e. The Hall–Kier alpha value is -6.00. The summed E-state index contributed by atoms with van der Waals surface area (Å²) in [5, 5.41) is 0. The minimum Gasteiger partial charge on any atom is -0.458 e. The second kappa shape index (κ2) is 12.0. The SMILES string of the molecule is CC(C)(C)c1ccc2c(c1)Oc1cc(N3c4ccccc4C(c4ccccc4)(c4ccccc4)c4ccccc43)cc3c1B2c1ccc(C(C)(C)C)cc1O3. The van der Waals surface area contributed by atoms with Crippen LogP contribution in [0, 0.1) is 0 Å². The fraction of sp³-hybridized carbons (Fsp3) is 0.176. The quantitative estimate of drug-likeness (QED) is 0.170. The van der Waals surface area contributed by atoms with Crippen molar-refractivity contribution in [3.05, 3.63) is 191 Å². The van der Waals surface area contributed by atoms with Crippen LogP contribution in [-0.2, 0) is 16.2 Å². The van der Waals surface area contributed by atoms with Crippen LogP contribution < -0.4 is 30.8 Å². The molecule has 10 rings (SSSR count). The maximum absolute atomic E-state index is 7.03.